The lowest BCUT2D eigenvalue weighted by molar-refractivity contribution is -0.126. The number of aromatic nitrogens is 1. The molecule has 0 aliphatic heterocycles. The molecule has 1 heterocycles. The summed E-state index contributed by atoms with van der Waals surface area (Å²) in [6.07, 6.45) is 5.26. The van der Waals surface area contributed by atoms with Crippen LogP contribution in [0.5, 0.6) is 0 Å². The summed E-state index contributed by atoms with van der Waals surface area (Å²) in [5, 5.41) is 8.94. The Hall–Kier alpha value is -3.77. The number of fused-ring (bicyclic) bond motifs is 1. The molecule has 208 valence electrons. The first-order valence-electron chi connectivity index (χ1n) is 14.8. The van der Waals surface area contributed by atoms with E-state index in [0.29, 0.717) is 16.6 Å². The van der Waals surface area contributed by atoms with Gasteiger partial charge >= 0.3 is 0 Å². The molecular weight excluding hydrogens is 526 g/mol. The highest BCUT2D eigenvalue weighted by atomic mass is 32.1. The van der Waals surface area contributed by atoms with Crippen LogP contribution in [0, 0.1) is 11.3 Å². The third-order valence-corrected chi connectivity index (χ3v) is 10.3. The van der Waals surface area contributed by atoms with Crippen LogP contribution in [0.4, 0.5) is 5.13 Å². The van der Waals surface area contributed by atoms with Gasteiger partial charge in [-0.05, 0) is 66.5 Å². The van der Waals surface area contributed by atoms with Crippen LogP contribution in [0.3, 0.4) is 0 Å². The zero-order valence-corrected chi connectivity index (χ0v) is 24.3. The molecule has 1 saturated carbocycles. The van der Waals surface area contributed by atoms with E-state index in [0.717, 1.165) is 30.5 Å². The van der Waals surface area contributed by atoms with Gasteiger partial charge in [-0.3, -0.25) is 9.59 Å². The maximum atomic E-state index is 14.0. The van der Waals surface area contributed by atoms with Crippen molar-refractivity contribution in [3.05, 3.63) is 106 Å². The third kappa shape index (κ3) is 4.58. The number of nitrogens with one attached hydrogen (secondary N) is 2. The Morgan fingerprint density at radius 1 is 0.927 bits per heavy atom. The number of benzene rings is 3. The Labute approximate surface area is 245 Å². The quantitative estimate of drug-likeness (QED) is 0.262. The number of carbonyl (C=O) groups is 2. The fourth-order valence-electron chi connectivity index (χ4n) is 7.55. The molecule has 41 heavy (non-hydrogen) atoms. The van der Waals surface area contributed by atoms with Crippen molar-refractivity contribution in [3.8, 4) is 11.3 Å². The molecule has 1 fully saturated rings. The second-order valence-electron chi connectivity index (χ2n) is 12.4. The van der Waals surface area contributed by atoms with Gasteiger partial charge in [-0.25, -0.2) is 4.98 Å². The molecule has 3 atom stereocenters. The molecule has 8 rings (SSSR count). The van der Waals surface area contributed by atoms with Crippen molar-refractivity contribution in [2.75, 3.05) is 5.32 Å². The highest BCUT2D eigenvalue weighted by Gasteiger charge is 2.54. The summed E-state index contributed by atoms with van der Waals surface area (Å²) in [6.45, 7) is 4.37. The number of rotatable bonds is 5. The van der Waals surface area contributed by atoms with Crippen LogP contribution in [-0.4, -0.2) is 22.8 Å². The van der Waals surface area contributed by atoms with Gasteiger partial charge in [0.1, 0.15) is 0 Å². The van der Waals surface area contributed by atoms with Crippen LogP contribution >= 0.6 is 11.3 Å². The molecule has 3 unspecified atom stereocenters. The SMILES string of the molecule is CC1CCCC(NC(=O)c2cccc(-c3csc(NC(=O)C4(C)CC5c6ccccc6C4c4ccccc45)n3)c2)C1. The van der Waals surface area contributed by atoms with Crippen LogP contribution in [-0.2, 0) is 4.79 Å². The summed E-state index contributed by atoms with van der Waals surface area (Å²) in [4.78, 5) is 31.8. The fourth-order valence-corrected chi connectivity index (χ4v) is 8.26. The smallest absolute Gasteiger partial charge is 0.251 e. The molecule has 0 spiro atoms. The Balaban J connectivity index is 1.10. The molecule has 4 aliphatic rings. The van der Waals surface area contributed by atoms with E-state index in [1.165, 1.54) is 46.4 Å². The molecule has 2 amide bonds. The number of nitrogens with zero attached hydrogens (tertiary/aromatic N) is 1. The molecule has 1 aromatic heterocycles. The maximum absolute atomic E-state index is 14.0. The van der Waals surface area contributed by atoms with Crippen LogP contribution in [0.1, 0.15) is 90.4 Å². The van der Waals surface area contributed by atoms with Crippen LogP contribution in [0.2, 0.25) is 0 Å². The highest BCUT2D eigenvalue weighted by molar-refractivity contribution is 7.14. The van der Waals surface area contributed by atoms with Crippen molar-refractivity contribution in [2.45, 2.75) is 63.8 Å². The summed E-state index contributed by atoms with van der Waals surface area (Å²) in [5.41, 5.74) is 6.90. The largest absolute Gasteiger partial charge is 0.349 e. The van der Waals surface area contributed by atoms with Gasteiger partial charge in [0.25, 0.3) is 5.91 Å². The van der Waals surface area contributed by atoms with Gasteiger partial charge < -0.3 is 10.6 Å². The third-order valence-electron chi connectivity index (χ3n) is 9.57. The van der Waals surface area contributed by atoms with Gasteiger partial charge in [-0.15, -0.1) is 11.3 Å². The lowest BCUT2D eigenvalue weighted by Gasteiger charge is -2.50. The molecule has 0 radical (unpaired) electrons. The first-order valence-corrected chi connectivity index (χ1v) is 15.6. The summed E-state index contributed by atoms with van der Waals surface area (Å²) < 4.78 is 0. The van der Waals surface area contributed by atoms with E-state index in [1.807, 2.05) is 29.6 Å². The van der Waals surface area contributed by atoms with Crippen molar-refractivity contribution in [3.63, 3.8) is 0 Å². The highest BCUT2D eigenvalue weighted by Crippen LogP contribution is 2.61. The zero-order chi connectivity index (χ0) is 28.1. The average Bonchev–Trinajstić information content (AvgIpc) is 3.46. The first kappa shape index (κ1) is 26.1. The van der Waals surface area contributed by atoms with Gasteiger partial charge in [-0.2, -0.15) is 0 Å². The van der Waals surface area contributed by atoms with Crippen molar-refractivity contribution < 1.29 is 9.59 Å². The van der Waals surface area contributed by atoms with E-state index in [9.17, 15) is 9.59 Å². The zero-order valence-electron chi connectivity index (χ0n) is 23.5. The lowest BCUT2D eigenvalue weighted by atomic mass is 9.52. The average molecular weight is 562 g/mol. The Bertz CT molecular complexity index is 1600. The molecule has 0 saturated heterocycles. The molecule has 4 aromatic rings. The van der Waals surface area contributed by atoms with Gasteiger partial charge in [0.2, 0.25) is 5.91 Å². The standard InChI is InChI=1S/C35H35N3O2S/c1-21-9-7-12-24(17-21)36-32(39)23-11-8-10-22(18-23)30-20-41-34(37-30)38-33(40)35(2)19-29-25-13-3-5-15-27(25)31(35)28-16-6-4-14-26(28)29/h3-6,8,10-11,13-16,18,20-21,24,29,31H,7,9,12,17,19H2,1-2H3,(H,36,39)(H,37,38,40). The topological polar surface area (TPSA) is 71.1 Å². The van der Waals surface area contributed by atoms with Gasteiger partial charge in [-0.1, -0.05) is 80.4 Å². The Kier molecular flexibility index (Phi) is 6.54. The van der Waals surface area contributed by atoms with Gasteiger partial charge in [0.15, 0.2) is 5.13 Å². The second kappa shape index (κ2) is 10.3. The summed E-state index contributed by atoms with van der Waals surface area (Å²) in [7, 11) is 0. The normalized spacial score (nSPS) is 26.1. The van der Waals surface area contributed by atoms with Gasteiger partial charge in [0, 0.05) is 34.4 Å². The minimum Gasteiger partial charge on any atom is -0.349 e. The maximum Gasteiger partial charge on any atom is 0.251 e. The molecule has 3 aromatic carbocycles. The summed E-state index contributed by atoms with van der Waals surface area (Å²) in [5.74, 6) is 0.838. The van der Waals surface area contributed by atoms with Gasteiger partial charge in [0.05, 0.1) is 11.1 Å². The summed E-state index contributed by atoms with van der Waals surface area (Å²) in [6, 6.07) is 25.1. The lowest BCUT2D eigenvalue weighted by Crippen LogP contribution is -2.47. The second-order valence-corrected chi connectivity index (χ2v) is 13.2. The molecular formula is C35H35N3O2S. The number of hydrogen-bond acceptors (Lipinski definition) is 4. The molecule has 2 bridgehead atoms. The predicted molar refractivity (Wildman–Crippen MR) is 164 cm³/mol. The van der Waals surface area contributed by atoms with E-state index >= 15 is 0 Å². The van der Waals surface area contributed by atoms with E-state index in [2.05, 4.69) is 73.0 Å². The first-order chi connectivity index (χ1) is 19.9. The van der Waals surface area contributed by atoms with Crippen molar-refractivity contribution in [1.82, 2.24) is 10.3 Å². The van der Waals surface area contributed by atoms with E-state index in [1.54, 1.807) is 0 Å². The molecule has 6 heteroatoms. The molecule has 2 N–H and O–H groups in total. The predicted octanol–water partition coefficient (Wildman–Crippen LogP) is 7.74. The molecule has 5 nitrogen and oxygen atoms in total. The minimum absolute atomic E-state index is 0.00155. The number of amides is 2. The van der Waals surface area contributed by atoms with Crippen molar-refractivity contribution >= 4 is 28.3 Å². The molecule has 4 aliphatic carbocycles. The van der Waals surface area contributed by atoms with Crippen LogP contribution in [0.25, 0.3) is 11.3 Å². The number of anilines is 1. The Morgan fingerprint density at radius 2 is 1.63 bits per heavy atom. The van der Waals surface area contributed by atoms with Crippen molar-refractivity contribution in [1.29, 1.82) is 0 Å². The summed E-state index contributed by atoms with van der Waals surface area (Å²) >= 11 is 1.43. The Morgan fingerprint density at radius 3 is 2.34 bits per heavy atom. The number of carbonyl (C=O) groups excluding carboxylic acids is 2. The number of hydrogen-bond donors (Lipinski definition) is 2. The number of thiazole rings is 1. The monoisotopic (exact) mass is 561 g/mol. The van der Waals surface area contributed by atoms with E-state index < -0.39 is 5.41 Å². The fraction of sp³-hybridized carbons (Fsp3) is 0.343. The minimum atomic E-state index is -0.589. The van der Waals surface area contributed by atoms with Crippen molar-refractivity contribution in [2.24, 2.45) is 11.3 Å². The van der Waals surface area contributed by atoms with E-state index in [-0.39, 0.29) is 29.7 Å². The van der Waals surface area contributed by atoms with Crippen LogP contribution in [0.15, 0.2) is 78.2 Å². The van der Waals surface area contributed by atoms with Crippen LogP contribution < -0.4 is 10.6 Å². The van der Waals surface area contributed by atoms with E-state index in [4.69, 9.17) is 4.98 Å².